The molecule has 2 rings (SSSR count). The van der Waals surface area contributed by atoms with Gasteiger partial charge in [-0.3, -0.25) is 14.4 Å². The lowest BCUT2D eigenvalue weighted by atomic mass is 10.3. The minimum atomic E-state index is -1.16. The Hall–Kier alpha value is -2.94. The summed E-state index contributed by atoms with van der Waals surface area (Å²) in [6.45, 7) is -0.513. The van der Waals surface area contributed by atoms with E-state index in [1.54, 1.807) is 30.5 Å². The normalized spacial score (nSPS) is 11.9. The zero-order valence-corrected chi connectivity index (χ0v) is 11.5. The van der Waals surface area contributed by atoms with Crippen molar-refractivity contribution in [2.24, 2.45) is 5.73 Å². The van der Waals surface area contributed by atoms with Crippen molar-refractivity contribution in [3.05, 3.63) is 36.2 Å². The van der Waals surface area contributed by atoms with Crippen molar-refractivity contribution in [1.82, 2.24) is 20.2 Å². The molecule has 0 radical (unpaired) electrons. The number of nitrogens with one attached hydrogen (secondary N) is 2. The molecule has 2 aromatic rings. The topological polar surface area (TPSA) is 139 Å². The fourth-order valence-electron chi connectivity index (χ4n) is 1.84. The van der Waals surface area contributed by atoms with Gasteiger partial charge in [0.15, 0.2) is 0 Å². The molecule has 0 aliphatic heterocycles. The van der Waals surface area contributed by atoms with Gasteiger partial charge in [-0.15, -0.1) is 0 Å². The highest BCUT2D eigenvalue weighted by Crippen LogP contribution is 2.07. The Morgan fingerprint density at radius 3 is 2.77 bits per heavy atom. The molecular formula is C13H15N5O4. The Balaban J connectivity index is 1.99. The number of nitrogens with two attached hydrogens (primary N) is 1. The monoisotopic (exact) mass is 305 g/mol. The van der Waals surface area contributed by atoms with E-state index in [-0.39, 0.29) is 6.54 Å². The molecule has 0 aliphatic carbocycles. The van der Waals surface area contributed by atoms with Gasteiger partial charge in [-0.25, -0.2) is 4.52 Å². The third-order valence-corrected chi connectivity index (χ3v) is 2.94. The number of carbonyl (C=O) groups excluding carboxylic acids is 3. The van der Waals surface area contributed by atoms with Crippen molar-refractivity contribution in [2.75, 3.05) is 13.2 Å². The second kappa shape index (κ2) is 6.68. The molecular weight excluding hydrogens is 290 g/mol. The van der Waals surface area contributed by atoms with E-state index < -0.39 is 30.4 Å². The number of hydrogen-bond donors (Lipinski definition) is 4. The minimum Gasteiger partial charge on any atom is -0.394 e. The molecule has 0 spiro atoms. The molecule has 116 valence electrons. The number of aliphatic hydroxyl groups excluding tert-OH is 1. The molecule has 0 saturated carbocycles. The molecule has 1 atom stereocenters. The highest BCUT2D eigenvalue weighted by Gasteiger charge is 2.17. The minimum absolute atomic E-state index is 0.0611. The number of aromatic nitrogens is 2. The molecule has 22 heavy (non-hydrogen) atoms. The first kappa shape index (κ1) is 15.4. The van der Waals surface area contributed by atoms with Crippen molar-refractivity contribution >= 4 is 23.2 Å². The van der Waals surface area contributed by atoms with Crippen molar-refractivity contribution in [3.63, 3.8) is 0 Å². The first-order valence-corrected chi connectivity index (χ1v) is 6.45. The number of nitrogens with zero attached hydrogens (tertiary/aromatic N) is 2. The van der Waals surface area contributed by atoms with Crippen LogP contribution in [0.3, 0.4) is 0 Å². The van der Waals surface area contributed by atoms with Gasteiger partial charge in [0.05, 0.1) is 18.2 Å². The molecule has 0 aromatic carbocycles. The lowest BCUT2D eigenvalue weighted by molar-refractivity contribution is -0.137. The van der Waals surface area contributed by atoms with Crippen LogP contribution in [0.5, 0.6) is 0 Å². The van der Waals surface area contributed by atoms with E-state index in [4.69, 9.17) is 10.8 Å². The maximum atomic E-state index is 12.1. The third kappa shape index (κ3) is 3.38. The predicted octanol–water partition coefficient (Wildman–Crippen LogP) is -1.97. The highest BCUT2D eigenvalue weighted by atomic mass is 16.3. The van der Waals surface area contributed by atoms with Crippen LogP contribution in [0.15, 0.2) is 30.5 Å². The summed E-state index contributed by atoms with van der Waals surface area (Å²) in [5, 5.41) is 17.9. The number of rotatable bonds is 5. The fourth-order valence-corrected chi connectivity index (χ4v) is 1.84. The summed E-state index contributed by atoms with van der Waals surface area (Å²) in [6.07, 6.45) is 1.55. The predicted molar refractivity (Wildman–Crippen MR) is 75.7 cm³/mol. The van der Waals surface area contributed by atoms with E-state index in [9.17, 15) is 14.4 Å². The van der Waals surface area contributed by atoms with Gasteiger partial charge in [0.2, 0.25) is 0 Å². The van der Waals surface area contributed by atoms with Gasteiger partial charge in [0.1, 0.15) is 5.69 Å². The number of carbonyl (C=O) groups is 3. The van der Waals surface area contributed by atoms with Crippen LogP contribution >= 0.6 is 0 Å². The van der Waals surface area contributed by atoms with Crippen LogP contribution in [-0.2, 0) is 9.59 Å². The zero-order valence-electron chi connectivity index (χ0n) is 11.5. The van der Waals surface area contributed by atoms with E-state index >= 15 is 0 Å². The van der Waals surface area contributed by atoms with E-state index in [1.165, 1.54) is 4.52 Å². The molecule has 9 heteroatoms. The van der Waals surface area contributed by atoms with Crippen LogP contribution in [-0.4, -0.2) is 51.6 Å². The second-order valence-electron chi connectivity index (χ2n) is 4.51. The number of aliphatic hydroxyl groups is 1. The van der Waals surface area contributed by atoms with E-state index in [2.05, 4.69) is 15.7 Å². The second-order valence-corrected chi connectivity index (χ2v) is 4.51. The number of hydrogen-bond acceptors (Lipinski definition) is 5. The van der Waals surface area contributed by atoms with Crippen LogP contribution in [0.25, 0.3) is 5.52 Å². The fraction of sp³-hybridized carbons (Fsp3) is 0.231. The van der Waals surface area contributed by atoms with Crippen LogP contribution < -0.4 is 16.4 Å². The maximum Gasteiger partial charge on any atom is 0.309 e. The molecule has 9 nitrogen and oxygen atoms in total. The van der Waals surface area contributed by atoms with Gasteiger partial charge in [-0.05, 0) is 24.3 Å². The molecule has 2 aromatic heterocycles. The molecule has 0 bridgehead atoms. The summed E-state index contributed by atoms with van der Waals surface area (Å²) >= 11 is 0. The van der Waals surface area contributed by atoms with Crippen LogP contribution in [0.2, 0.25) is 0 Å². The van der Waals surface area contributed by atoms with Crippen molar-refractivity contribution in [2.45, 2.75) is 6.04 Å². The summed E-state index contributed by atoms with van der Waals surface area (Å²) in [4.78, 5) is 33.9. The largest absolute Gasteiger partial charge is 0.394 e. The number of fused-ring (bicyclic) bond motifs is 1. The first-order chi connectivity index (χ1) is 10.5. The van der Waals surface area contributed by atoms with Crippen molar-refractivity contribution in [1.29, 1.82) is 0 Å². The molecule has 0 saturated heterocycles. The van der Waals surface area contributed by atoms with E-state index in [0.29, 0.717) is 5.69 Å². The lowest BCUT2D eigenvalue weighted by Gasteiger charge is -2.15. The Labute approximate surface area is 125 Å². The smallest absolute Gasteiger partial charge is 0.309 e. The van der Waals surface area contributed by atoms with E-state index in [0.717, 1.165) is 5.52 Å². The molecule has 2 heterocycles. The molecule has 5 N–H and O–H groups in total. The summed E-state index contributed by atoms with van der Waals surface area (Å²) < 4.78 is 1.46. The number of amides is 3. The Kier molecular flexibility index (Phi) is 4.69. The van der Waals surface area contributed by atoms with Crippen LogP contribution in [0.1, 0.15) is 10.5 Å². The summed E-state index contributed by atoms with van der Waals surface area (Å²) in [5.74, 6) is -2.61. The van der Waals surface area contributed by atoms with Gasteiger partial charge in [-0.1, -0.05) is 0 Å². The molecule has 0 fully saturated rings. The summed E-state index contributed by atoms with van der Waals surface area (Å²) in [7, 11) is 0. The lowest BCUT2D eigenvalue weighted by Crippen LogP contribution is -2.49. The zero-order chi connectivity index (χ0) is 16.1. The van der Waals surface area contributed by atoms with Gasteiger partial charge >= 0.3 is 11.8 Å². The van der Waals surface area contributed by atoms with Crippen molar-refractivity contribution in [3.8, 4) is 0 Å². The van der Waals surface area contributed by atoms with E-state index in [1.807, 2.05) is 0 Å². The standard InChI is InChI=1S/C13H15N5O4/c14-11(20)13(22)17-8(7-19)6-15-12(21)10-4-3-9-2-1-5-16-18(9)10/h1-5,8,19H,6-7H2,(H2,14,20)(H,15,21)(H,17,22)/t8-/m0/s1. The average molecular weight is 305 g/mol. The number of primary amides is 1. The van der Waals surface area contributed by atoms with Gasteiger partial charge < -0.3 is 21.5 Å². The van der Waals surface area contributed by atoms with Crippen LogP contribution in [0.4, 0.5) is 0 Å². The van der Waals surface area contributed by atoms with Gasteiger partial charge in [-0.2, -0.15) is 5.10 Å². The summed E-state index contributed by atoms with van der Waals surface area (Å²) in [5.41, 5.74) is 5.87. The Morgan fingerprint density at radius 2 is 2.09 bits per heavy atom. The quantitative estimate of drug-likeness (QED) is 0.474. The molecule has 3 amide bonds. The molecule has 0 aliphatic rings. The first-order valence-electron chi connectivity index (χ1n) is 6.45. The SMILES string of the molecule is NC(=O)C(=O)N[C@H](CO)CNC(=O)c1ccc2cccnn12. The summed E-state index contributed by atoms with van der Waals surface area (Å²) in [6, 6.07) is 6.07. The van der Waals surface area contributed by atoms with Crippen molar-refractivity contribution < 1.29 is 19.5 Å². The third-order valence-electron chi connectivity index (χ3n) is 2.94. The Morgan fingerprint density at radius 1 is 1.32 bits per heavy atom. The Bertz CT molecular complexity index is 711. The van der Waals surface area contributed by atoms with Gasteiger partial charge in [0.25, 0.3) is 5.91 Å². The average Bonchev–Trinajstić information content (AvgIpc) is 2.94. The van der Waals surface area contributed by atoms with Gasteiger partial charge in [0, 0.05) is 12.7 Å². The van der Waals surface area contributed by atoms with Crippen LogP contribution in [0, 0.1) is 0 Å². The molecule has 0 unspecified atom stereocenters. The highest BCUT2D eigenvalue weighted by molar-refractivity contribution is 6.34. The maximum absolute atomic E-state index is 12.1.